The van der Waals surface area contributed by atoms with Crippen molar-refractivity contribution in [3.8, 4) is 0 Å². The number of aromatic nitrogens is 1. The molecule has 0 atom stereocenters. The highest BCUT2D eigenvalue weighted by Gasteiger charge is 2.45. The van der Waals surface area contributed by atoms with E-state index in [1.54, 1.807) is 6.20 Å². The molecule has 1 fully saturated rings. The number of carboxylic acid groups (broad SMARTS) is 1. The zero-order valence-electron chi connectivity index (χ0n) is 9.39. The number of anilines is 1. The van der Waals surface area contributed by atoms with Crippen molar-refractivity contribution in [2.24, 2.45) is 5.41 Å². The van der Waals surface area contributed by atoms with E-state index in [4.69, 9.17) is 0 Å². The lowest BCUT2D eigenvalue weighted by Crippen LogP contribution is -2.47. The summed E-state index contributed by atoms with van der Waals surface area (Å²) in [6, 6.07) is 5.66. The van der Waals surface area contributed by atoms with Gasteiger partial charge in [-0.2, -0.15) is 0 Å². The summed E-state index contributed by atoms with van der Waals surface area (Å²) in [5, 5.41) is 9.23. The fraction of sp³-hybridized carbons (Fsp3) is 0.500. The Morgan fingerprint density at radius 1 is 1.56 bits per heavy atom. The normalized spacial score (nSPS) is 17.6. The second-order valence-electron chi connectivity index (χ2n) is 4.48. The molecule has 86 valence electrons. The smallest absolute Gasteiger partial charge is 0.311 e. The van der Waals surface area contributed by atoms with Gasteiger partial charge in [0.25, 0.3) is 0 Å². The summed E-state index contributed by atoms with van der Waals surface area (Å²) in [5.74, 6) is 0.150. The van der Waals surface area contributed by atoms with Crippen LogP contribution < -0.4 is 4.90 Å². The van der Waals surface area contributed by atoms with Gasteiger partial charge < -0.3 is 10.0 Å². The maximum absolute atomic E-state index is 11.2. The Bertz CT molecular complexity index is 374. The van der Waals surface area contributed by atoms with Gasteiger partial charge in [0, 0.05) is 19.8 Å². The van der Waals surface area contributed by atoms with Gasteiger partial charge in [-0.05, 0) is 25.0 Å². The minimum Gasteiger partial charge on any atom is -0.481 e. The zero-order valence-corrected chi connectivity index (χ0v) is 9.39. The summed E-state index contributed by atoms with van der Waals surface area (Å²) < 4.78 is 0. The van der Waals surface area contributed by atoms with Crippen molar-refractivity contribution < 1.29 is 9.90 Å². The van der Waals surface area contributed by atoms with Crippen LogP contribution in [0.4, 0.5) is 5.82 Å². The van der Waals surface area contributed by atoms with Crippen LogP contribution in [-0.2, 0) is 4.79 Å². The van der Waals surface area contributed by atoms with Gasteiger partial charge >= 0.3 is 5.97 Å². The van der Waals surface area contributed by atoms with Crippen LogP contribution in [0, 0.1) is 5.41 Å². The van der Waals surface area contributed by atoms with Gasteiger partial charge in [0.2, 0.25) is 0 Å². The topological polar surface area (TPSA) is 53.4 Å². The lowest BCUT2D eigenvalue weighted by atomic mass is 9.68. The van der Waals surface area contributed by atoms with Crippen LogP contribution in [0.3, 0.4) is 0 Å². The molecule has 0 spiro atoms. The maximum atomic E-state index is 11.2. The Morgan fingerprint density at radius 2 is 2.31 bits per heavy atom. The first-order valence-electron chi connectivity index (χ1n) is 5.50. The molecular formula is C12H16N2O2. The number of hydrogen-bond acceptors (Lipinski definition) is 3. The first-order valence-corrected chi connectivity index (χ1v) is 5.50. The predicted molar refractivity (Wildman–Crippen MR) is 61.4 cm³/mol. The van der Waals surface area contributed by atoms with E-state index in [-0.39, 0.29) is 0 Å². The summed E-state index contributed by atoms with van der Waals surface area (Å²) in [5.41, 5.74) is -0.549. The first kappa shape index (κ1) is 10.9. The second-order valence-corrected chi connectivity index (χ2v) is 4.48. The molecule has 1 aliphatic rings. The molecule has 4 heteroatoms. The van der Waals surface area contributed by atoms with Crippen molar-refractivity contribution in [2.75, 3.05) is 18.5 Å². The monoisotopic (exact) mass is 220 g/mol. The number of rotatable bonds is 4. The van der Waals surface area contributed by atoms with E-state index < -0.39 is 11.4 Å². The Morgan fingerprint density at radius 3 is 2.75 bits per heavy atom. The van der Waals surface area contributed by atoms with Crippen LogP contribution in [0.1, 0.15) is 19.3 Å². The molecule has 0 bridgehead atoms. The molecule has 0 aliphatic heterocycles. The van der Waals surface area contributed by atoms with E-state index in [1.165, 1.54) is 0 Å². The van der Waals surface area contributed by atoms with Crippen LogP contribution in [0.15, 0.2) is 24.4 Å². The molecule has 0 aromatic carbocycles. The number of aliphatic carboxylic acids is 1. The standard InChI is InChI=1S/C12H16N2O2/c1-14(10-5-2-3-8-13-10)9-12(11(15)16)6-4-7-12/h2-3,5,8H,4,6-7,9H2,1H3,(H,15,16). The number of carboxylic acids is 1. The fourth-order valence-corrected chi connectivity index (χ4v) is 2.16. The van der Waals surface area contributed by atoms with Crippen LogP contribution in [-0.4, -0.2) is 29.7 Å². The Balaban J connectivity index is 2.07. The third kappa shape index (κ3) is 1.87. The Labute approximate surface area is 94.9 Å². The average molecular weight is 220 g/mol. The van der Waals surface area contributed by atoms with E-state index in [2.05, 4.69) is 4.98 Å². The number of nitrogens with zero attached hydrogens (tertiary/aromatic N) is 2. The molecule has 1 aliphatic carbocycles. The first-order chi connectivity index (χ1) is 7.64. The van der Waals surface area contributed by atoms with E-state index >= 15 is 0 Å². The van der Waals surface area contributed by atoms with Crippen LogP contribution in [0.2, 0.25) is 0 Å². The van der Waals surface area contributed by atoms with Crippen molar-refractivity contribution in [3.05, 3.63) is 24.4 Å². The molecule has 0 radical (unpaired) electrons. The molecule has 16 heavy (non-hydrogen) atoms. The third-order valence-corrected chi connectivity index (χ3v) is 3.34. The van der Waals surface area contributed by atoms with Gasteiger partial charge in [-0.1, -0.05) is 12.5 Å². The van der Waals surface area contributed by atoms with Gasteiger partial charge in [-0.25, -0.2) is 4.98 Å². The molecule has 4 nitrogen and oxygen atoms in total. The summed E-state index contributed by atoms with van der Waals surface area (Å²) in [6.45, 7) is 0.541. The molecule has 2 rings (SSSR count). The molecule has 0 amide bonds. The van der Waals surface area contributed by atoms with Gasteiger partial charge in [0.1, 0.15) is 5.82 Å². The summed E-state index contributed by atoms with van der Waals surface area (Å²) in [4.78, 5) is 17.4. The highest BCUT2D eigenvalue weighted by atomic mass is 16.4. The van der Waals surface area contributed by atoms with Crippen molar-refractivity contribution in [2.45, 2.75) is 19.3 Å². The molecule has 0 unspecified atom stereocenters. The van der Waals surface area contributed by atoms with E-state index in [0.29, 0.717) is 6.54 Å². The Kier molecular flexibility index (Phi) is 2.81. The molecular weight excluding hydrogens is 204 g/mol. The van der Waals surface area contributed by atoms with E-state index in [1.807, 2.05) is 30.1 Å². The highest BCUT2D eigenvalue weighted by molar-refractivity contribution is 5.76. The molecule has 1 aromatic heterocycles. The minimum atomic E-state index is -0.679. The van der Waals surface area contributed by atoms with Crippen LogP contribution in [0.25, 0.3) is 0 Å². The fourth-order valence-electron chi connectivity index (χ4n) is 2.16. The van der Waals surface area contributed by atoms with Crippen molar-refractivity contribution in [1.82, 2.24) is 4.98 Å². The molecule has 1 heterocycles. The summed E-state index contributed by atoms with van der Waals surface area (Å²) in [6.07, 6.45) is 4.29. The van der Waals surface area contributed by atoms with E-state index in [0.717, 1.165) is 25.1 Å². The molecule has 1 saturated carbocycles. The average Bonchev–Trinajstić information content (AvgIpc) is 2.24. The minimum absolute atomic E-state index is 0.541. The van der Waals surface area contributed by atoms with Gasteiger partial charge in [-0.3, -0.25) is 4.79 Å². The van der Waals surface area contributed by atoms with E-state index in [9.17, 15) is 9.90 Å². The maximum Gasteiger partial charge on any atom is 0.311 e. The molecule has 1 aromatic rings. The summed E-state index contributed by atoms with van der Waals surface area (Å²) >= 11 is 0. The van der Waals surface area contributed by atoms with Gasteiger partial charge in [-0.15, -0.1) is 0 Å². The third-order valence-electron chi connectivity index (χ3n) is 3.34. The van der Waals surface area contributed by atoms with Crippen molar-refractivity contribution in [1.29, 1.82) is 0 Å². The lowest BCUT2D eigenvalue weighted by molar-refractivity contribution is -0.153. The quantitative estimate of drug-likeness (QED) is 0.840. The summed E-state index contributed by atoms with van der Waals surface area (Å²) in [7, 11) is 1.89. The molecule has 1 N–H and O–H groups in total. The lowest BCUT2D eigenvalue weighted by Gasteiger charge is -2.40. The van der Waals surface area contributed by atoms with Crippen molar-refractivity contribution >= 4 is 11.8 Å². The Hall–Kier alpha value is -1.58. The second kappa shape index (κ2) is 4.12. The van der Waals surface area contributed by atoms with Crippen LogP contribution in [0.5, 0.6) is 0 Å². The van der Waals surface area contributed by atoms with Gasteiger partial charge in [0.05, 0.1) is 5.41 Å². The number of hydrogen-bond donors (Lipinski definition) is 1. The largest absolute Gasteiger partial charge is 0.481 e. The predicted octanol–water partition coefficient (Wildman–Crippen LogP) is 1.77. The highest BCUT2D eigenvalue weighted by Crippen LogP contribution is 2.42. The zero-order chi connectivity index (χ0) is 11.6. The molecule has 0 saturated heterocycles. The van der Waals surface area contributed by atoms with Gasteiger partial charge in [0.15, 0.2) is 0 Å². The van der Waals surface area contributed by atoms with Crippen molar-refractivity contribution in [3.63, 3.8) is 0 Å². The van der Waals surface area contributed by atoms with Crippen LogP contribution >= 0.6 is 0 Å². The SMILES string of the molecule is CN(CC1(C(=O)O)CCC1)c1ccccn1. The number of carbonyl (C=O) groups is 1. The number of pyridine rings is 1.